The van der Waals surface area contributed by atoms with Crippen molar-refractivity contribution in [3.63, 3.8) is 0 Å². The van der Waals surface area contributed by atoms with Crippen LogP contribution in [0.1, 0.15) is 12.5 Å². The van der Waals surface area contributed by atoms with Gasteiger partial charge in [-0.1, -0.05) is 23.8 Å². The molecule has 0 unspecified atom stereocenters. The van der Waals surface area contributed by atoms with Crippen LogP contribution in [0, 0.1) is 0 Å². The summed E-state index contributed by atoms with van der Waals surface area (Å²) in [6.45, 7) is 1.96. The molecule has 1 aromatic heterocycles. The summed E-state index contributed by atoms with van der Waals surface area (Å²) < 4.78 is 0.867. The molecule has 0 fully saturated rings. The predicted octanol–water partition coefficient (Wildman–Crippen LogP) is 2.65. The number of carbonyl (C=O) groups excluding carboxylic acids is 1. The number of hydrogen-bond acceptors (Lipinski definition) is 2. The van der Waals surface area contributed by atoms with Gasteiger partial charge in [0.15, 0.2) is 0 Å². The molecular weight excluding hydrogens is 279 g/mol. The van der Waals surface area contributed by atoms with Crippen LogP contribution in [0.5, 0.6) is 0 Å². The molecule has 1 N–H and O–H groups in total. The summed E-state index contributed by atoms with van der Waals surface area (Å²) in [5.74, 6) is -0.0573. The molecule has 0 radical (unpaired) electrons. The third kappa shape index (κ3) is 4.44. The number of halogens is 2. The summed E-state index contributed by atoms with van der Waals surface area (Å²) in [6.07, 6.45) is 5.26. The van der Waals surface area contributed by atoms with Crippen molar-refractivity contribution in [3.8, 4) is 0 Å². The Hall–Kier alpha value is -0.870. The highest BCUT2D eigenvalue weighted by Crippen LogP contribution is 2.18. The fourth-order valence-electron chi connectivity index (χ4n) is 0.944. The van der Waals surface area contributed by atoms with E-state index in [0.29, 0.717) is 11.7 Å². The quantitative estimate of drug-likeness (QED) is 0.869. The van der Waals surface area contributed by atoms with E-state index in [9.17, 15) is 4.79 Å². The monoisotopic (exact) mass is 288 g/mol. The van der Waals surface area contributed by atoms with E-state index < -0.39 is 0 Å². The minimum atomic E-state index is -0.0573. The Bertz CT molecular complexity index is 393. The second-order valence-electron chi connectivity index (χ2n) is 2.87. The van der Waals surface area contributed by atoms with Crippen molar-refractivity contribution >= 4 is 39.5 Å². The molecule has 0 saturated carbocycles. The third-order valence-corrected chi connectivity index (χ3v) is 2.35. The standard InChI is InChI=1S/C10H10BrClN2O/c1-7(15)13-4-2-3-8-5-9(11)6-14-10(8)12/h2-3,5-6H,4H2,1H3,(H,13,15). The van der Waals surface area contributed by atoms with E-state index in [2.05, 4.69) is 26.2 Å². The van der Waals surface area contributed by atoms with E-state index >= 15 is 0 Å². The Morgan fingerprint density at radius 2 is 2.47 bits per heavy atom. The molecule has 0 atom stereocenters. The molecule has 15 heavy (non-hydrogen) atoms. The largest absolute Gasteiger partial charge is 0.353 e. The average Bonchev–Trinajstić information content (AvgIpc) is 2.17. The molecule has 0 saturated heterocycles. The normalized spacial score (nSPS) is 10.6. The van der Waals surface area contributed by atoms with Crippen LogP contribution in [0.4, 0.5) is 0 Å². The number of aromatic nitrogens is 1. The molecule has 0 spiro atoms. The molecule has 0 aliphatic carbocycles. The van der Waals surface area contributed by atoms with Crippen LogP contribution in [0.2, 0.25) is 5.15 Å². The first-order valence-electron chi connectivity index (χ1n) is 4.31. The minimum absolute atomic E-state index is 0.0573. The Balaban J connectivity index is 2.63. The number of amides is 1. The second kappa shape index (κ2) is 5.88. The van der Waals surface area contributed by atoms with Gasteiger partial charge in [0.05, 0.1) is 0 Å². The van der Waals surface area contributed by atoms with Gasteiger partial charge in [0, 0.05) is 29.7 Å². The molecule has 0 bridgehead atoms. The van der Waals surface area contributed by atoms with Gasteiger partial charge in [0.1, 0.15) is 5.15 Å². The summed E-state index contributed by atoms with van der Waals surface area (Å²) in [4.78, 5) is 14.6. The maximum Gasteiger partial charge on any atom is 0.217 e. The van der Waals surface area contributed by atoms with Gasteiger partial charge in [-0.25, -0.2) is 4.98 Å². The van der Waals surface area contributed by atoms with Gasteiger partial charge in [-0.15, -0.1) is 0 Å². The number of pyridine rings is 1. The van der Waals surface area contributed by atoms with E-state index in [1.807, 2.05) is 18.2 Å². The minimum Gasteiger partial charge on any atom is -0.353 e. The zero-order valence-electron chi connectivity index (χ0n) is 8.13. The number of hydrogen-bond donors (Lipinski definition) is 1. The van der Waals surface area contributed by atoms with Crippen molar-refractivity contribution in [2.45, 2.75) is 6.92 Å². The van der Waals surface area contributed by atoms with Crippen molar-refractivity contribution in [1.29, 1.82) is 0 Å². The molecule has 1 aromatic rings. The van der Waals surface area contributed by atoms with Crippen LogP contribution in [0.25, 0.3) is 6.08 Å². The van der Waals surface area contributed by atoms with Crippen LogP contribution in [-0.4, -0.2) is 17.4 Å². The fraction of sp³-hybridized carbons (Fsp3) is 0.200. The second-order valence-corrected chi connectivity index (χ2v) is 4.15. The molecule has 5 heteroatoms. The summed E-state index contributed by atoms with van der Waals surface area (Å²) in [5, 5.41) is 3.09. The Labute approximate surface area is 102 Å². The van der Waals surface area contributed by atoms with Crippen molar-refractivity contribution in [2.75, 3.05) is 6.54 Å². The van der Waals surface area contributed by atoms with Crippen LogP contribution < -0.4 is 5.32 Å². The van der Waals surface area contributed by atoms with Crippen LogP contribution >= 0.6 is 27.5 Å². The summed E-state index contributed by atoms with van der Waals surface area (Å²) >= 11 is 9.17. The van der Waals surface area contributed by atoms with E-state index in [1.54, 1.807) is 6.20 Å². The van der Waals surface area contributed by atoms with E-state index in [4.69, 9.17) is 11.6 Å². The average molecular weight is 290 g/mol. The van der Waals surface area contributed by atoms with E-state index in [1.165, 1.54) is 6.92 Å². The summed E-state index contributed by atoms with van der Waals surface area (Å²) in [6, 6.07) is 1.86. The van der Waals surface area contributed by atoms with Gasteiger partial charge < -0.3 is 5.32 Å². The molecule has 0 aliphatic heterocycles. The smallest absolute Gasteiger partial charge is 0.217 e. The predicted molar refractivity (Wildman–Crippen MR) is 64.7 cm³/mol. The fourth-order valence-corrected chi connectivity index (χ4v) is 1.46. The molecule has 3 nitrogen and oxygen atoms in total. The molecular formula is C10H10BrClN2O. The van der Waals surface area contributed by atoms with Crippen LogP contribution in [0.15, 0.2) is 22.8 Å². The highest BCUT2D eigenvalue weighted by atomic mass is 79.9. The molecule has 1 heterocycles. The number of rotatable bonds is 3. The van der Waals surface area contributed by atoms with Gasteiger partial charge >= 0.3 is 0 Å². The van der Waals surface area contributed by atoms with Crippen LogP contribution in [0.3, 0.4) is 0 Å². The lowest BCUT2D eigenvalue weighted by molar-refractivity contribution is -0.118. The Morgan fingerprint density at radius 1 is 1.73 bits per heavy atom. The van der Waals surface area contributed by atoms with Crippen molar-refractivity contribution in [2.24, 2.45) is 0 Å². The molecule has 1 amide bonds. The Morgan fingerprint density at radius 3 is 3.13 bits per heavy atom. The zero-order chi connectivity index (χ0) is 11.3. The topological polar surface area (TPSA) is 42.0 Å². The Kier molecular flexibility index (Phi) is 4.78. The lowest BCUT2D eigenvalue weighted by atomic mass is 10.2. The number of nitrogens with one attached hydrogen (secondary N) is 1. The van der Waals surface area contributed by atoms with Crippen molar-refractivity contribution in [3.05, 3.63) is 33.5 Å². The number of carbonyl (C=O) groups is 1. The number of nitrogens with zero attached hydrogens (tertiary/aromatic N) is 1. The molecule has 80 valence electrons. The van der Waals surface area contributed by atoms with E-state index in [0.717, 1.165) is 10.0 Å². The zero-order valence-corrected chi connectivity index (χ0v) is 10.5. The first kappa shape index (κ1) is 12.2. The lowest BCUT2D eigenvalue weighted by Gasteiger charge is -1.98. The maximum atomic E-state index is 10.6. The lowest BCUT2D eigenvalue weighted by Crippen LogP contribution is -2.19. The highest BCUT2D eigenvalue weighted by Gasteiger charge is 1.98. The van der Waals surface area contributed by atoms with Crippen molar-refractivity contribution < 1.29 is 4.79 Å². The SMILES string of the molecule is CC(=O)NCC=Cc1cc(Br)cnc1Cl. The van der Waals surface area contributed by atoms with Gasteiger partial charge in [-0.05, 0) is 22.0 Å². The maximum absolute atomic E-state index is 10.6. The van der Waals surface area contributed by atoms with Gasteiger partial charge in [-0.3, -0.25) is 4.79 Å². The molecule has 0 aromatic carbocycles. The van der Waals surface area contributed by atoms with E-state index in [-0.39, 0.29) is 5.91 Å². The van der Waals surface area contributed by atoms with Crippen molar-refractivity contribution in [1.82, 2.24) is 10.3 Å². The first-order valence-corrected chi connectivity index (χ1v) is 5.48. The third-order valence-electron chi connectivity index (χ3n) is 1.60. The van der Waals surface area contributed by atoms with Crippen LogP contribution in [-0.2, 0) is 4.79 Å². The van der Waals surface area contributed by atoms with Gasteiger partial charge in [0.25, 0.3) is 0 Å². The summed E-state index contributed by atoms with van der Waals surface area (Å²) in [7, 11) is 0. The van der Waals surface area contributed by atoms with Gasteiger partial charge in [0.2, 0.25) is 5.91 Å². The molecule has 1 rings (SSSR count). The van der Waals surface area contributed by atoms with Gasteiger partial charge in [-0.2, -0.15) is 0 Å². The molecule has 0 aliphatic rings. The first-order chi connectivity index (χ1) is 7.09. The highest BCUT2D eigenvalue weighted by molar-refractivity contribution is 9.10. The summed E-state index contributed by atoms with van der Waals surface area (Å²) in [5.41, 5.74) is 0.816.